The molecule has 4 N–H and O–H groups in total. The number of aromatic nitrogens is 1. The van der Waals surface area contributed by atoms with Crippen LogP contribution < -0.4 is 11.2 Å². The van der Waals surface area contributed by atoms with Crippen molar-refractivity contribution in [1.82, 2.24) is 9.99 Å². The van der Waals surface area contributed by atoms with E-state index >= 15 is 0 Å². The summed E-state index contributed by atoms with van der Waals surface area (Å²) >= 11 is 4.70. The van der Waals surface area contributed by atoms with Gasteiger partial charge in [-0.15, -0.1) is 0 Å². The summed E-state index contributed by atoms with van der Waals surface area (Å²) < 4.78 is 2.14. The Morgan fingerprint density at radius 3 is 2.82 bits per heavy atom. The van der Waals surface area contributed by atoms with Gasteiger partial charge in [0.05, 0.1) is 12.1 Å². The maximum absolute atomic E-state index is 11.5. The van der Waals surface area contributed by atoms with Crippen molar-refractivity contribution in [2.24, 2.45) is 16.8 Å². The van der Waals surface area contributed by atoms with Crippen LogP contribution in [0, 0.1) is 19.8 Å². The lowest BCUT2D eigenvalue weighted by Gasteiger charge is -2.32. The number of hydrogen-bond donors (Lipinski definition) is 3. The van der Waals surface area contributed by atoms with Crippen LogP contribution in [0.1, 0.15) is 48.7 Å². The molecule has 2 atom stereocenters. The van der Waals surface area contributed by atoms with Crippen molar-refractivity contribution < 1.29 is 9.90 Å². The van der Waals surface area contributed by atoms with Crippen molar-refractivity contribution in [3.8, 4) is 0 Å². The van der Waals surface area contributed by atoms with Crippen molar-refractivity contribution in [3.63, 3.8) is 0 Å². The molecular weight excluding hydrogens is 300 g/mol. The Balaban J connectivity index is 2.30. The molecule has 0 radical (unpaired) electrons. The van der Waals surface area contributed by atoms with Gasteiger partial charge in [0.25, 0.3) is 0 Å². The lowest BCUT2D eigenvalue weighted by molar-refractivity contribution is -0.144. The summed E-state index contributed by atoms with van der Waals surface area (Å²) in [6.45, 7) is 3.99. The summed E-state index contributed by atoms with van der Waals surface area (Å²) in [5.41, 5.74) is 10.9. The predicted molar refractivity (Wildman–Crippen MR) is 90.1 cm³/mol. The van der Waals surface area contributed by atoms with Gasteiger partial charge < -0.3 is 15.4 Å². The molecule has 1 aromatic rings. The first-order valence-corrected chi connectivity index (χ1v) is 7.82. The number of aliphatic carboxylic acids is 1. The first-order chi connectivity index (χ1) is 10.4. The van der Waals surface area contributed by atoms with Gasteiger partial charge in [-0.05, 0) is 45.0 Å². The van der Waals surface area contributed by atoms with E-state index in [1.165, 1.54) is 0 Å². The molecular formula is C15H22N4O2S. The smallest absolute Gasteiger partial charge is 0.308 e. The van der Waals surface area contributed by atoms with E-state index in [1.54, 1.807) is 6.21 Å². The summed E-state index contributed by atoms with van der Waals surface area (Å²) in [4.78, 5) is 11.5. The topological polar surface area (TPSA) is 92.6 Å². The third-order valence-electron chi connectivity index (χ3n) is 4.28. The van der Waals surface area contributed by atoms with Gasteiger partial charge in [0.1, 0.15) is 0 Å². The molecule has 0 aromatic carbocycles. The van der Waals surface area contributed by atoms with E-state index in [-0.39, 0.29) is 17.1 Å². The molecule has 0 spiro atoms. The number of aryl methyl sites for hydroxylation is 1. The molecule has 1 fully saturated rings. The molecule has 0 bridgehead atoms. The molecule has 0 aliphatic heterocycles. The van der Waals surface area contributed by atoms with Gasteiger partial charge in [-0.25, -0.2) is 0 Å². The Hall–Kier alpha value is -1.89. The summed E-state index contributed by atoms with van der Waals surface area (Å²) in [5, 5.41) is 13.6. The molecule has 1 aliphatic carbocycles. The number of hydrazone groups is 1. The third-order valence-corrected chi connectivity index (χ3v) is 4.37. The van der Waals surface area contributed by atoms with Crippen molar-refractivity contribution in [2.75, 3.05) is 0 Å². The molecule has 2 unspecified atom stereocenters. The summed E-state index contributed by atoms with van der Waals surface area (Å²) in [7, 11) is 0. The summed E-state index contributed by atoms with van der Waals surface area (Å²) in [6, 6.07) is 2.02. The minimum Gasteiger partial charge on any atom is -0.481 e. The van der Waals surface area contributed by atoms with Crippen molar-refractivity contribution in [1.29, 1.82) is 0 Å². The minimum absolute atomic E-state index is 0.0111. The van der Waals surface area contributed by atoms with Crippen molar-refractivity contribution >= 4 is 29.5 Å². The van der Waals surface area contributed by atoms with Crippen LogP contribution in [-0.4, -0.2) is 27.0 Å². The number of hydrogen-bond acceptors (Lipinski definition) is 3. The highest BCUT2D eigenvalue weighted by Crippen LogP contribution is 2.36. The van der Waals surface area contributed by atoms with Crippen LogP contribution in [0.25, 0.3) is 0 Å². The van der Waals surface area contributed by atoms with E-state index < -0.39 is 5.97 Å². The van der Waals surface area contributed by atoms with Gasteiger partial charge in [0.2, 0.25) is 0 Å². The number of nitrogens with zero attached hydrogens (tertiary/aromatic N) is 2. The standard InChI is InChI=1S/C15H22N4O2S/c1-9-7-11(8-17-18-15(16)22)10(2)19(9)13-6-4-3-5-12(13)14(20)21/h7-8,12-13H,3-6H2,1-2H3,(H,20,21)(H3,16,18,22)/b17-8+. The van der Waals surface area contributed by atoms with Crippen molar-refractivity contribution in [3.05, 3.63) is 23.0 Å². The van der Waals surface area contributed by atoms with E-state index in [0.29, 0.717) is 0 Å². The average Bonchev–Trinajstić information content (AvgIpc) is 2.73. The lowest BCUT2D eigenvalue weighted by Crippen LogP contribution is -2.30. The van der Waals surface area contributed by atoms with E-state index in [2.05, 4.69) is 15.1 Å². The molecule has 1 aliphatic rings. The Morgan fingerprint density at radius 1 is 1.50 bits per heavy atom. The second-order valence-corrected chi connectivity index (χ2v) is 6.17. The molecule has 0 saturated heterocycles. The van der Waals surface area contributed by atoms with E-state index in [9.17, 15) is 9.90 Å². The Bertz CT molecular complexity index is 609. The fraction of sp³-hybridized carbons (Fsp3) is 0.533. The SMILES string of the molecule is Cc1cc(/C=N/NC(N)=S)c(C)n1C1CCCCC1C(=O)O. The molecule has 2 rings (SSSR count). The predicted octanol–water partition coefficient (Wildman–Crippen LogP) is 2.09. The van der Waals surface area contributed by atoms with Crippen LogP contribution in [0.3, 0.4) is 0 Å². The van der Waals surface area contributed by atoms with Crippen LogP contribution >= 0.6 is 12.2 Å². The Labute approximate surface area is 135 Å². The highest BCUT2D eigenvalue weighted by Gasteiger charge is 2.33. The second-order valence-electron chi connectivity index (χ2n) is 5.73. The van der Waals surface area contributed by atoms with Gasteiger partial charge in [-0.3, -0.25) is 10.2 Å². The van der Waals surface area contributed by atoms with Gasteiger partial charge in [0, 0.05) is 23.0 Å². The zero-order valence-electron chi connectivity index (χ0n) is 12.9. The molecule has 6 nitrogen and oxygen atoms in total. The molecule has 0 amide bonds. The van der Waals surface area contributed by atoms with Crippen LogP contribution in [0.4, 0.5) is 0 Å². The summed E-state index contributed by atoms with van der Waals surface area (Å²) in [6.07, 6.45) is 5.35. The normalized spacial score (nSPS) is 21.9. The van der Waals surface area contributed by atoms with E-state index in [1.807, 2.05) is 19.9 Å². The number of thiocarbonyl (C=S) groups is 1. The largest absolute Gasteiger partial charge is 0.481 e. The van der Waals surface area contributed by atoms with Gasteiger partial charge in [-0.2, -0.15) is 5.10 Å². The highest BCUT2D eigenvalue weighted by atomic mass is 32.1. The molecule has 22 heavy (non-hydrogen) atoms. The Kier molecular flexibility index (Phi) is 5.18. The van der Waals surface area contributed by atoms with Crippen LogP contribution in [0.2, 0.25) is 0 Å². The second kappa shape index (κ2) is 6.91. The van der Waals surface area contributed by atoms with Gasteiger partial charge in [-0.1, -0.05) is 12.8 Å². The monoisotopic (exact) mass is 322 g/mol. The number of nitrogens with one attached hydrogen (secondary N) is 1. The van der Waals surface area contributed by atoms with Crippen LogP contribution in [-0.2, 0) is 4.79 Å². The fourth-order valence-electron chi connectivity index (χ4n) is 3.32. The quantitative estimate of drug-likeness (QED) is 0.448. The maximum atomic E-state index is 11.5. The number of rotatable bonds is 4. The third kappa shape index (κ3) is 3.47. The van der Waals surface area contributed by atoms with Gasteiger partial charge >= 0.3 is 5.97 Å². The number of carbonyl (C=O) groups is 1. The van der Waals surface area contributed by atoms with Crippen molar-refractivity contribution in [2.45, 2.75) is 45.6 Å². The molecule has 1 heterocycles. The average molecular weight is 322 g/mol. The van der Waals surface area contributed by atoms with E-state index in [4.69, 9.17) is 18.0 Å². The molecule has 7 heteroatoms. The zero-order valence-corrected chi connectivity index (χ0v) is 13.7. The minimum atomic E-state index is -0.706. The van der Waals surface area contributed by atoms with Crippen LogP contribution in [0.15, 0.2) is 11.2 Å². The molecule has 1 saturated carbocycles. The number of carboxylic acid groups (broad SMARTS) is 1. The fourth-order valence-corrected chi connectivity index (χ4v) is 3.37. The van der Waals surface area contributed by atoms with Crippen LogP contribution in [0.5, 0.6) is 0 Å². The Morgan fingerprint density at radius 2 is 2.18 bits per heavy atom. The zero-order chi connectivity index (χ0) is 16.3. The maximum Gasteiger partial charge on any atom is 0.308 e. The number of nitrogens with two attached hydrogens (primary N) is 1. The molecule has 120 valence electrons. The summed E-state index contributed by atoms with van der Waals surface area (Å²) in [5.74, 6) is -1.03. The lowest BCUT2D eigenvalue weighted by atomic mass is 9.84. The molecule has 1 aromatic heterocycles. The number of carboxylic acids is 1. The first kappa shape index (κ1) is 16.5. The van der Waals surface area contributed by atoms with E-state index in [0.717, 1.165) is 42.6 Å². The highest BCUT2D eigenvalue weighted by molar-refractivity contribution is 7.80. The van der Waals surface area contributed by atoms with Gasteiger partial charge in [0.15, 0.2) is 5.11 Å². The first-order valence-electron chi connectivity index (χ1n) is 7.41.